The summed E-state index contributed by atoms with van der Waals surface area (Å²) in [4.78, 5) is 7.02. The van der Waals surface area contributed by atoms with E-state index in [0.717, 1.165) is 76.5 Å². The Kier molecular flexibility index (Phi) is 8.69. The quantitative estimate of drug-likeness (QED) is 0.380. The highest BCUT2D eigenvalue weighted by Crippen LogP contribution is 2.09. The lowest BCUT2D eigenvalue weighted by molar-refractivity contribution is 0.0824. The van der Waals surface area contributed by atoms with Crippen molar-refractivity contribution in [3.8, 4) is 0 Å². The average Bonchev–Trinajstić information content (AvgIpc) is 2.62. The number of halogens is 1. The summed E-state index contributed by atoms with van der Waals surface area (Å²) in [7, 11) is 0. The molecule has 0 bridgehead atoms. The highest BCUT2D eigenvalue weighted by Gasteiger charge is 2.15. The molecule has 25 heavy (non-hydrogen) atoms. The number of aliphatic hydroxyl groups excluding tert-OH is 1. The van der Waals surface area contributed by atoms with Gasteiger partial charge in [-0.3, -0.25) is 4.99 Å². The Morgan fingerprint density at radius 1 is 1.24 bits per heavy atom. The predicted octanol–water partition coefficient (Wildman–Crippen LogP) is 1.77. The molecule has 5 nitrogen and oxygen atoms in total. The molecule has 1 saturated heterocycles. The SMILES string of the molecule is CCNC(=NCCCN1CCC(O)CC1)NCCc1ccc(F)cc1. The number of aliphatic imine (C=N–C) groups is 1. The van der Waals surface area contributed by atoms with Crippen LogP contribution in [0.3, 0.4) is 0 Å². The second kappa shape index (κ2) is 11.1. The van der Waals surface area contributed by atoms with E-state index in [-0.39, 0.29) is 11.9 Å². The minimum absolute atomic E-state index is 0.111. The molecule has 1 aliphatic rings. The molecule has 1 aromatic rings. The first-order valence-electron chi connectivity index (χ1n) is 9.34. The number of nitrogens with zero attached hydrogens (tertiary/aromatic N) is 2. The van der Waals surface area contributed by atoms with Crippen molar-refractivity contribution < 1.29 is 9.50 Å². The van der Waals surface area contributed by atoms with Crippen LogP contribution in [-0.2, 0) is 6.42 Å². The van der Waals surface area contributed by atoms with Gasteiger partial charge < -0.3 is 20.6 Å². The van der Waals surface area contributed by atoms with Gasteiger partial charge in [0.15, 0.2) is 5.96 Å². The molecule has 0 radical (unpaired) electrons. The van der Waals surface area contributed by atoms with Crippen LogP contribution in [0.25, 0.3) is 0 Å². The molecular formula is C19H31FN4O. The maximum absolute atomic E-state index is 12.9. The van der Waals surface area contributed by atoms with Crippen molar-refractivity contribution in [1.29, 1.82) is 0 Å². The van der Waals surface area contributed by atoms with Gasteiger partial charge in [-0.25, -0.2) is 4.39 Å². The molecule has 1 aliphatic heterocycles. The summed E-state index contributed by atoms with van der Waals surface area (Å²) in [6.45, 7) is 7.43. The van der Waals surface area contributed by atoms with Crippen molar-refractivity contribution in [2.24, 2.45) is 4.99 Å². The highest BCUT2D eigenvalue weighted by molar-refractivity contribution is 5.79. The Labute approximate surface area is 150 Å². The molecule has 0 spiro atoms. The van der Waals surface area contributed by atoms with Gasteiger partial charge in [0.1, 0.15) is 5.82 Å². The molecule has 0 saturated carbocycles. The second-order valence-electron chi connectivity index (χ2n) is 6.49. The van der Waals surface area contributed by atoms with Crippen molar-refractivity contribution in [1.82, 2.24) is 15.5 Å². The van der Waals surface area contributed by atoms with Crippen LogP contribution in [0, 0.1) is 5.82 Å². The molecule has 3 N–H and O–H groups in total. The maximum atomic E-state index is 12.9. The van der Waals surface area contributed by atoms with Crippen molar-refractivity contribution in [3.63, 3.8) is 0 Å². The van der Waals surface area contributed by atoms with Crippen LogP contribution >= 0.6 is 0 Å². The van der Waals surface area contributed by atoms with Gasteiger partial charge >= 0.3 is 0 Å². The molecule has 6 heteroatoms. The zero-order valence-electron chi connectivity index (χ0n) is 15.2. The van der Waals surface area contributed by atoms with E-state index in [2.05, 4.69) is 27.4 Å². The number of benzene rings is 1. The lowest BCUT2D eigenvalue weighted by Crippen LogP contribution is -2.39. The number of rotatable bonds is 8. The smallest absolute Gasteiger partial charge is 0.191 e. The molecule has 0 atom stereocenters. The van der Waals surface area contributed by atoms with Crippen LogP contribution < -0.4 is 10.6 Å². The molecule has 0 unspecified atom stereocenters. The van der Waals surface area contributed by atoms with Gasteiger partial charge in [0.2, 0.25) is 0 Å². The van der Waals surface area contributed by atoms with Gasteiger partial charge in [0, 0.05) is 32.7 Å². The van der Waals surface area contributed by atoms with E-state index in [1.807, 2.05) is 12.1 Å². The van der Waals surface area contributed by atoms with Crippen LogP contribution in [0.4, 0.5) is 4.39 Å². The average molecular weight is 350 g/mol. The van der Waals surface area contributed by atoms with Gasteiger partial charge in [-0.2, -0.15) is 0 Å². The summed E-state index contributed by atoms with van der Waals surface area (Å²) in [5.41, 5.74) is 1.11. The number of hydrogen-bond acceptors (Lipinski definition) is 3. The fourth-order valence-corrected chi connectivity index (χ4v) is 2.95. The van der Waals surface area contributed by atoms with Crippen molar-refractivity contribution in [2.75, 3.05) is 39.3 Å². The molecule has 0 aliphatic carbocycles. The van der Waals surface area contributed by atoms with Crippen LogP contribution in [0.5, 0.6) is 0 Å². The number of aliphatic hydroxyl groups is 1. The van der Waals surface area contributed by atoms with Gasteiger partial charge in [-0.1, -0.05) is 12.1 Å². The van der Waals surface area contributed by atoms with E-state index in [1.165, 1.54) is 12.1 Å². The van der Waals surface area contributed by atoms with Crippen molar-refractivity contribution >= 4 is 5.96 Å². The largest absolute Gasteiger partial charge is 0.393 e. The molecule has 1 fully saturated rings. The third-order valence-corrected chi connectivity index (χ3v) is 4.42. The van der Waals surface area contributed by atoms with Gasteiger partial charge in [-0.15, -0.1) is 0 Å². The summed E-state index contributed by atoms with van der Waals surface area (Å²) in [6, 6.07) is 6.62. The monoisotopic (exact) mass is 350 g/mol. The zero-order valence-corrected chi connectivity index (χ0v) is 15.2. The first kappa shape index (κ1) is 19.7. The Bertz CT molecular complexity index is 513. The fraction of sp³-hybridized carbons (Fsp3) is 0.632. The topological polar surface area (TPSA) is 59.9 Å². The van der Waals surface area contributed by atoms with Crippen LogP contribution in [0.15, 0.2) is 29.3 Å². The second-order valence-corrected chi connectivity index (χ2v) is 6.49. The fourth-order valence-electron chi connectivity index (χ4n) is 2.95. The first-order valence-corrected chi connectivity index (χ1v) is 9.34. The highest BCUT2D eigenvalue weighted by atomic mass is 19.1. The molecule has 0 amide bonds. The van der Waals surface area contributed by atoms with E-state index >= 15 is 0 Å². The Morgan fingerprint density at radius 2 is 1.96 bits per heavy atom. The van der Waals surface area contributed by atoms with E-state index in [0.29, 0.717) is 0 Å². The number of hydrogen-bond donors (Lipinski definition) is 3. The molecular weight excluding hydrogens is 319 g/mol. The third kappa shape index (κ3) is 7.84. The number of guanidine groups is 1. The molecule has 1 aromatic carbocycles. The van der Waals surface area contributed by atoms with E-state index in [9.17, 15) is 9.50 Å². The number of piperidine rings is 1. The third-order valence-electron chi connectivity index (χ3n) is 4.42. The van der Waals surface area contributed by atoms with Crippen LogP contribution in [0.2, 0.25) is 0 Å². The lowest BCUT2D eigenvalue weighted by Gasteiger charge is -2.29. The molecule has 140 valence electrons. The van der Waals surface area contributed by atoms with Gasteiger partial charge in [0.25, 0.3) is 0 Å². The summed E-state index contributed by atoms with van der Waals surface area (Å²) in [6.07, 6.45) is 3.51. The normalized spacial score (nSPS) is 16.8. The van der Waals surface area contributed by atoms with Gasteiger partial charge in [-0.05, 0) is 56.8 Å². The molecule has 2 rings (SSSR count). The van der Waals surface area contributed by atoms with E-state index in [1.54, 1.807) is 0 Å². The maximum Gasteiger partial charge on any atom is 0.191 e. The summed E-state index contributed by atoms with van der Waals surface area (Å²) in [5.74, 6) is 0.633. The lowest BCUT2D eigenvalue weighted by atomic mass is 10.1. The zero-order chi connectivity index (χ0) is 17.9. The Balaban J connectivity index is 1.66. The minimum Gasteiger partial charge on any atom is -0.393 e. The van der Waals surface area contributed by atoms with Crippen molar-refractivity contribution in [3.05, 3.63) is 35.6 Å². The minimum atomic E-state index is -0.199. The van der Waals surface area contributed by atoms with Crippen molar-refractivity contribution in [2.45, 2.75) is 38.7 Å². The summed E-state index contributed by atoms with van der Waals surface area (Å²) in [5, 5.41) is 16.1. The Morgan fingerprint density at radius 3 is 2.64 bits per heavy atom. The van der Waals surface area contributed by atoms with E-state index < -0.39 is 0 Å². The molecule has 0 aromatic heterocycles. The van der Waals surface area contributed by atoms with E-state index in [4.69, 9.17) is 0 Å². The number of nitrogens with one attached hydrogen (secondary N) is 2. The standard InChI is InChI=1S/C19H31FN4O/c1-2-21-19(23-12-8-16-4-6-17(20)7-5-16)22-11-3-13-24-14-9-18(25)10-15-24/h4-7,18,25H,2-3,8-15H2,1H3,(H2,21,22,23). The number of likely N-dealkylation sites (tertiary alicyclic amines) is 1. The van der Waals surface area contributed by atoms with Crippen LogP contribution in [0.1, 0.15) is 31.7 Å². The molecule has 1 heterocycles. The predicted molar refractivity (Wildman–Crippen MR) is 100 cm³/mol. The Hall–Kier alpha value is -1.66. The first-order chi connectivity index (χ1) is 12.2. The van der Waals surface area contributed by atoms with Gasteiger partial charge in [0.05, 0.1) is 6.10 Å². The van der Waals surface area contributed by atoms with Crippen LogP contribution in [-0.4, -0.2) is 61.3 Å². The summed E-state index contributed by atoms with van der Waals surface area (Å²) >= 11 is 0. The summed E-state index contributed by atoms with van der Waals surface area (Å²) < 4.78 is 12.9.